The summed E-state index contributed by atoms with van der Waals surface area (Å²) in [5.41, 5.74) is 1.33. The zero-order valence-electron chi connectivity index (χ0n) is 21.1. The largest absolute Gasteiger partial charge is 0.506 e. The van der Waals surface area contributed by atoms with Crippen LogP contribution in [0.3, 0.4) is 0 Å². The van der Waals surface area contributed by atoms with Crippen molar-refractivity contribution in [2.75, 3.05) is 12.4 Å². The Morgan fingerprint density at radius 1 is 1.20 bits per heavy atom. The number of hydrogen-bond donors (Lipinski definition) is 2. The Bertz CT molecular complexity index is 1860. The average molecular weight is 621 g/mol. The molecule has 2 N–H and O–H groups in total. The summed E-state index contributed by atoms with van der Waals surface area (Å²) in [6, 6.07) is 17.5. The Morgan fingerprint density at radius 2 is 1.90 bits per heavy atom. The van der Waals surface area contributed by atoms with E-state index in [-0.39, 0.29) is 31.6 Å². The number of nitro benzene ring substituents is 1. The second kappa shape index (κ2) is 10.9. The standard InChI is InChI=1S/C28H21BrN4O6S/c1-15-23(26(35)31-18-6-4-3-5-7-18)24(16-8-10-20(39-2)11-9-16)32-27(36)22(40-28(32)30-15)13-17-12-19(33(37)38)14-21(29)25(17)34/h3-14,24,34H,1-2H3,(H,31,35)/b22-13+/t24-/m0/s1. The van der Waals surface area contributed by atoms with Crippen molar-refractivity contribution in [3.8, 4) is 11.5 Å². The molecule has 1 aromatic heterocycles. The minimum atomic E-state index is -0.821. The molecular formula is C28H21BrN4O6S. The molecule has 3 aromatic carbocycles. The van der Waals surface area contributed by atoms with Gasteiger partial charge in [0.05, 0.1) is 38.4 Å². The number of thiazole rings is 1. The van der Waals surface area contributed by atoms with Crippen LogP contribution in [0.5, 0.6) is 11.5 Å². The summed E-state index contributed by atoms with van der Waals surface area (Å²) in [7, 11) is 1.54. The van der Waals surface area contributed by atoms with Gasteiger partial charge in [0, 0.05) is 23.4 Å². The molecule has 10 nitrogen and oxygen atoms in total. The Morgan fingerprint density at radius 3 is 2.55 bits per heavy atom. The molecule has 0 saturated carbocycles. The number of carbonyl (C=O) groups is 1. The first kappa shape index (κ1) is 27.0. The van der Waals surface area contributed by atoms with Crippen LogP contribution in [0, 0.1) is 10.1 Å². The molecule has 0 fully saturated rings. The quantitative estimate of drug-likeness (QED) is 0.244. The zero-order chi connectivity index (χ0) is 28.6. The van der Waals surface area contributed by atoms with E-state index >= 15 is 0 Å². The minimum Gasteiger partial charge on any atom is -0.506 e. The van der Waals surface area contributed by atoms with Crippen molar-refractivity contribution in [1.29, 1.82) is 0 Å². The number of fused-ring (bicyclic) bond motifs is 1. The number of nitro groups is 1. The van der Waals surface area contributed by atoms with E-state index < -0.39 is 22.4 Å². The summed E-state index contributed by atoms with van der Waals surface area (Å²) in [6.45, 7) is 1.71. The predicted octanol–water partition coefficient (Wildman–Crippen LogP) is 4.26. The molecule has 5 rings (SSSR count). The van der Waals surface area contributed by atoms with Crippen molar-refractivity contribution in [2.45, 2.75) is 13.0 Å². The number of hydrogen-bond acceptors (Lipinski definition) is 8. The van der Waals surface area contributed by atoms with Gasteiger partial charge in [0.25, 0.3) is 17.2 Å². The third kappa shape index (κ3) is 5.06. The van der Waals surface area contributed by atoms with Crippen LogP contribution in [0.1, 0.15) is 24.1 Å². The van der Waals surface area contributed by atoms with Crippen LogP contribution in [0.4, 0.5) is 11.4 Å². The van der Waals surface area contributed by atoms with Crippen LogP contribution < -0.4 is 24.9 Å². The van der Waals surface area contributed by atoms with Crippen molar-refractivity contribution in [3.05, 3.63) is 123 Å². The first-order chi connectivity index (χ1) is 19.2. The van der Waals surface area contributed by atoms with E-state index in [2.05, 4.69) is 26.2 Å². The maximum Gasteiger partial charge on any atom is 0.271 e. The fraction of sp³-hybridized carbons (Fsp3) is 0.107. The Balaban J connectivity index is 1.70. The molecule has 1 aliphatic rings. The van der Waals surface area contributed by atoms with E-state index in [0.29, 0.717) is 27.5 Å². The normalized spacial score (nSPS) is 14.9. The van der Waals surface area contributed by atoms with Gasteiger partial charge < -0.3 is 15.2 Å². The first-order valence-corrected chi connectivity index (χ1v) is 13.5. The number of rotatable bonds is 6. The number of phenolic OH excluding ortho intramolecular Hbond substituents is 1. The highest BCUT2D eigenvalue weighted by molar-refractivity contribution is 9.10. The summed E-state index contributed by atoms with van der Waals surface area (Å²) in [5, 5.41) is 24.8. The number of aromatic nitrogens is 1. The lowest BCUT2D eigenvalue weighted by Crippen LogP contribution is -2.40. The predicted molar refractivity (Wildman–Crippen MR) is 154 cm³/mol. The number of phenols is 1. The van der Waals surface area contributed by atoms with Gasteiger partial charge in [-0.25, -0.2) is 4.99 Å². The van der Waals surface area contributed by atoms with E-state index in [4.69, 9.17) is 4.74 Å². The number of aromatic hydroxyl groups is 1. The van der Waals surface area contributed by atoms with Crippen LogP contribution in [-0.4, -0.2) is 27.6 Å². The van der Waals surface area contributed by atoms with Gasteiger partial charge in [-0.1, -0.05) is 41.7 Å². The van der Waals surface area contributed by atoms with E-state index in [0.717, 1.165) is 11.3 Å². The molecule has 0 unspecified atom stereocenters. The SMILES string of the molecule is COc1ccc([C@H]2C(C(=O)Nc3ccccc3)=C(C)N=c3s/c(=C/c4cc([N+](=O)[O-])cc(Br)c4O)c(=O)n32)cc1. The average Bonchev–Trinajstić information content (AvgIpc) is 3.24. The Kier molecular flexibility index (Phi) is 7.37. The molecule has 1 amide bonds. The summed E-state index contributed by atoms with van der Waals surface area (Å²) in [5.74, 6) is -0.0519. The molecule has 0 radical (unpaired) electrons. The molecule has 0 bridgehead atoms. The number of nitrogens with zero attached hydrogens (tertiary/aromatic N) is 3. The van der Waals surface area contributed by atoms with Crippen molar-refractivity contribution in [3.63, 3.8) is 0 Å². The van der Waals surface area contributed by atoms with Gasteiger partial charge in [-0.05, 0) is 58.8 Å². The van der Waals surface area contributed by atoms with Gasteiger partial charge in [-0.2, -0.15) is 0 Å². The molecule has 2 heterocycles. The molecule has 202 valence electrons. The lowest BCUT2D eigenvalue weighted by atomic mass is 9.95. The fourth-order valence-electron chi connectivity index (χ4n) is 4.40. The maximum absolute atomic E-state index is 13.8. The third-order valence-corrected chi connectivity index (χ3v) is 7.89. The number of para-hydroxylation sites is 1. The van der Waals surface area contributed by atoms with E-state index in [9.17, 15) is 24.8 Å². The van der Waals surface area contributed by atoms with Crippen molar-refractivity contribution < 1.29 is 19.6 Å². The van der Waals surface area contributed by atoms with Gasteiger partial charge >= 0.3 is 0 Å². The van der Waals surface area contributed by atoms with Gasteiger partial charge in [0.2, 0.25) is 0 Å². The molecule has 1 aliphatic heterocycles. The highest BCUT2D eigenvalue weighted by Gasteiger charge is 2.32. The highest BCUT2D eigenvalue weighted by atomic mass is 79.9. The van der Waals surface area contributed by atoms with Crippen molar-refractivity contribution >= 4 is 50.6 Å². The van der Waals surface area contributed by atoms with Crippen LogP contribution in [0.15, 0.2) is 92.3 Å². The molecule has 0 saturated heterocycles. The van der Waals surface area contributed by atoms with Gasteiger partial charge in [-0.15, -0.1) is 0 Å². The molecule has 0 spiro atoms. The molecule has 40 heavy (non-hydrogen) atoms. The molecule has 12 heteroatoms. The number of halogens is 1. The van der Waals surface area contributed by atoms with E-state index in [1.165, 1.54) is 22.8 Å². The number of ether oxygens (including phenoxy) is 1. The number of carbonyl (C=O) groups excluding carboxylic acids is 1. The van der Waals surface area contributed by atoms with Crippen LogP contribution in [0.25, 0.3) is 6.08 Å². The molecule has 1 atom stereocenters. The third-order valence-electron chi connectivity index (χ3n) is 6.30. The van der Waals surface area contributed by atoms with Crippen LogP contribution >= 0.6 is 27.3 Å². The van der Waals surface area contributed by atoms with E-state index in [1.54, 1.807) is 62.6 Å². The van der Waals surface area contributed by atoms with Crippen LogP contribution in [0.2, 0.25) is 0 Å². The summed E-state index contributed by atoms with van der Waals surface area (Å²) in [6.07, 6.45) is 1.38. The Hall–Kier alpha value is -4.55. The lowest BCUT2D eigenvalue weighted by Gasteiger charge is -2.25. The van der Waals surface area contributed by atoms with Crippen molar-refractivity contribution in [2.24, 2.45) is 4.99 Å². The number of anilines is 1. The number of methoxy groups -OCH3 is 1. The van der Waals surface area contributed by atoms with Crippen LogP contribution in [-0.2, 0) is 4.79 Å². The number of non-ortho nitro benzene ring substituents is 1. The fourth-order valence-corrected chi connectivity index (χ4v) is 5.90. The second-order valence-corrected chi connectivity index (χ2v) is 10.7. The second-order valence-electron chi connectivity index (χ2n) is 8.80. The molecule has 0 aliphatic carbocycles. The number of allylic oxidation sites excluding steroid dienone is 1. The summed E-state index contributed by atoms with van der Waals surface area (Å²) < 4.78 is 7.01. The zero-order valence-corrected chi connectivity index (χ0v) is 23.5. The number of nitrogens with one attached hydrogen (secondary N) is 1. The van der Waals surface area contributed by atoms with Gasteiger partial charge in [0.15, 0.2) is 4.80 Å². The first-order valence-electron chi connectivity index (χ1n) is 11.9. The minimum absolute atomic E-state index is 0.0881. The maximum atomic E-state index is 13.8. The number of amides is 1. The summed E-state index contributed by atoms with van der Waals surface area (Å²) in [4.78, 5) is 43.2. The number of benzene rings is 3. The molecule has 4 aromatic rings. The summed E-state index contributed by atoms with van der Waals surface area (Å²) >= 11 is 4.19. The smallest absolute Gasteiger partial charge is 0.271 e. The van der Waals surface area contributed by atoms with E-state index in [1.807, 2.05) is 6.07 Å². The molecular weight excluding hydrogens is 600 g/mol. The Labute approximate surface area is 239 Å². The topological polar surface area (TPSA) is 136 Å². The van der Waals surface area contributed by atoms with Gasteiger partial charge in [-0.3, -0.25) is 24.3 Å². The highest BCUT2D eigenvalue weighted by Crippen LogP contribution is 2.34. The monoisotopic (exact) mass is 620 g/mol. The van der Waals surface area contributed by atoms with Crippen molar-refractivity contribution in [1.82, 2.24) is 4.57 Å². The van der Waals surface area contributed by atoms with Gasteiger partial charge in [0.1, 0.15) is 11.5 Å². The lowest BCUT2D eigenvalue weighted by molar-refractivity contribution is -0.385.